The Labute approximate surface area is 83.0 Å². The van der Waals surface area contributed by atoms with Crippen LogP contribution in [0.25, 0.3) is 0 Å². The van der Waals surface area contributed by atoms with Gasteiger partial charge < -0.3 is 15.8 Å². The standard InChI is InChI=1S/C9H16N2O3/c10-8(12)6-11-9(13)4-3-7-2-1-5-14-7/h7H,1-6H2,(H2,10,12)(H,11,13). The van der Waals surface area contributed by atoms with Crippen LogP contribution >= 0.6 is 0 Å². The molecule has 3 N–H and O–H groups in total. The molecule has 1 aliphatic heterocycles. The van der Waals surface area contributed by atoms with E-state index < -0.39 is 5.91 Å². The Bertz CT molecular complexity index is 212. The number of primary amides is 1. The van der Waals surface area contributed by atoms with E-state index in [1.54, 1.807) is 0 Å². The highest BCUT2D eigenvalue weighted by atomic mass is 16.5. The monoisotopic (exact) mass is 200 g/mol. The summed E-state index contributed by atoms with van der Waals surface area (Å²) in [5.74, 6) is -0.658. The van der Waals surface area contributed by atoms with Gasteiger partial charge in [-0.15, -0.1) is 0 Å². The number of hydrogen-bond acceptors (Lipinski definition) is 3. The van der Waals surface area contributed by atoms with Crippen LogP contribution in [-0.2, 0) is 14.3 Å². The summed E-state index contributed by atoms with van der Waals surface area (Å²) in [5, 5.41) is 2.44. The first-order chi connectivity index (χ1) is 6.68. The maximum absolute atomic E-state index is 11.1. The summed E-state index contributed by atoms with van der Waals surface area (Å²) < 4.78 is 5.36. The van der Waals surface area contributed by atoms with Crippen LogP contribution in [0.4, 0.5) is 0 Å². The first-order valence-electron chi connectivity index (χ1n) is 4.85. The number of carbonyl (C=O) groups excluding carboxylic acids is 2. The van der Waals surface area contributed by atoms with Crippen LogP contribution in [-0.4, -0.2) is 31.1 Å². The molecule has 1 unspecified atom stereocenters. The average molecular weight is 200 g/mol. The highest BCUT2D eigenvalue weighted by Crippen LogP contribution is 2.16. The van der Waals surface area contributed by atoms with Crippen LogP contribution in [0, 0.1) is 0 Å². The first kappa shape index (κ1) is 11.0. The smallest absolute Gasteiger partial charge is 0.236 e. The van der Waals surface area contributed by atoms with E-state index in [1.165, 1.54) is 0 Å². The zero-order chi connectivity index (χ0) is 10.4. The summed E-state index contributed by atoms with van der Waals surface area (Å²) in [6.45, 7) is 0.720. The van der Waals surface area contributed by atoms with Gasteiger partial charge in [0.25, 0.3) is 0 Å². The molecule has 80 valence electrons. The lowest BCUT2D eigenvalue weighted by atomic mass is 10.1. The molecule has 1 rings (SSSR count). The number of nitrogens with two attached hydrogens (primary N) is 1. The van der Waals surface area contributed by atoms with E-state index in [2.05, 4.69) is 5.32 Å². The van der Waals surface area contributed by atoms with Crippen LogP contribution in [0.5, 0.6) is 0 Å². The Morgan fingerprint density at radius 3 is 2.86 bits per heavy atom. The third-order valence-electron chi connectivity index (χ3n) is 2.18. The zero-order valence-electron chi connectivity index (χ0n) is 8.12. The van der Waals surface area contributed by atoms with Gasteiger partial charge in [0, 0.05) is 13.0 Å². The summed E-state index contributed by atoms with van der Waals surface area (Å²) in [6.07, 6.45) is 3.45. The van der Waals surface area contributed by atoms with Crippen LogP contribution in [0.2, 0.25) is 0 Å². The van der Waals surface area contributed by atoms with E-state index in [9.17, 15) is 9.59 Å². The zero-order valence-corrected chi connectivity index (χ0v) is 8.12. The van der Waals surface area contributed by atoms with Crippen LogP contribution < -0.4 is 11.1 Å². The van der Waals surface area contributed by atoms with Gasteiger partial charge in [-0.2, -0.15) is 0 Å². The van der Waals surface area contributed by atoms with Crippen molar-refractivity contribution < 1.29 is 14.3 Å². The van der Waals surface area contributed by atoms with Crippen molar-refractivity contribution >= 4 is 11.8 Å². The number of nitrogens with one attached hydrogen (secondary N) is 1. The maximum atomic E-state index is 11.1. The molecular weight excluding hydrogens is 184 g/mol. The second kappa shape index (κ2) is 5.59. The number of amides is 2. The topological polar surface area (TPSA) is 81.4 Å². The van der Waals surface area contributed by atoms with Gasteiger partial charge >= 0.3 is 0 Å². The molecule has 0 aromatic carbocycles. The van der Waals surface area contributed by atoms with E-state index in [1.807, 2.05) is 0 Å². The van der Waals surface area contributed by atoms with E-state index in [4.69, 9.17) is 10.5 Å². The van der Waals surface area contributed by atoms with Gasteiger partial charge in [-0.25, -0.2) is 0 Å². The van der Waals surface area contributed by atoms with Crippen molar-refractivity contribution in [3.05, 3.63) is 0 Å². The third kappa shape index (κ3) is 4.23. The minimum absolute atomic E-state index is 0.0790. The molecule has 0 spiro atoms. The number of hydrogen-bond donors (Lipinski definition) is 2. The summed E-state index contributed by atoms with van der Waals surface area (Å²) in [7, 11) is 0. The lowest BCUT2D eigenvalue weighted by molar-refractivity contribution is -0.125. The van der Waals surface area contributed by atoms with Gasteiger partial charge in [0.05, 0.1) is 12.6 Å². The molecule has 0 aromatic heterocycles. The fourth-order valence-electron chi connectivity index (χ4n) is 1.44. The lowest BCUT2D eigenvalue weighted by Gasteiger charge is -2.08. The van der Waals surface area contributed by atoms with Crippen molar-refractivity contribution in [2.24, 2.45) is 5.73 Å². The van der Waals surface area contributed by atoms with Gasteiger partial charge in [-0.1, -0.05) is 0 Å². The summed E-state index contributed by atoms with van der Waals surface area (Å²) in [4.78, 5) is 21.5. The molecule has 1 fully saturated rings. The largest absolute Gasteiger partial charge is 0.378 e. The number of ether oxygens (including phenoxy) is 1. The molecule has 0 saturated carbocycles. The van der Waals surface area contributed by atoms with Crippen LogP contribution in [0.3, 0.4) is 0 Å². The molecule has 2 amide bonds. The Morgan fingerprint density at radius 1 is 1.50 bits per heavy atom. The molecule has 5 nitrogen and oxygen atoms in total. The molecule has 0 aromatic rings. The molecule has 1 aliphatic rings. The van der Waals surface area contributed by atoms with Crippen molar-refractivity contribution in [1.82, 2.24) is 5.32 Å². The van der Waals surface area contributed by atoms with Gasteiger partial charge in [0.2, 0.25) is 11.8 Å². The van der Waals surface area contributed by atoms with Crippen molar-refractivity contribution in [2.45, 2.75) is 31.8 Å². The molecule has 0 aliphatic carbocycles. The molecule has 0 bridgehead atoms. The Morgan fingerprint density at radius 2 is 2.29 bits per heavy atom. The highest BCUT2D eigenvalue weighted by molar-refractivity contribution is 5.83. The highest BCUT2D eigenvalue weighted by Gasteiger charge is 2.16. The van der Waals surface area contributed by atoms with E-state index >= 15 is 0 Å². The number of rotatable bonds is 5. The Balaban J connectivity index is 2.05. The number of carbonyl (C=O) groups is 2. The van der Waals surface area contributed by atoms with Crippen LogP contribution in [0.1, 0.15) is 25.7 Å². The molecule has 1 atom stereocenters. The Kier molecular flexibility index (Phi) is 4.39. The molecule has 14 heavy (non-hydrogen) atoms. The van der Waals surface area contributed by atoms with Crippen molar-refractivity contribution in [3.63, 3.8) is 0 Å². The van der Waals surface area contributed by atoms with E-state index in [0.717, 1.165) is 25.9 Å². The molecule has 5 heteroatoms. The average Bonchev–Trinajstić information content (AvgIpc) is 2.63. The van der Waals surface area contributed by atoms with Crippen molar-refractivity contribution in [1.29, 1.82) is 0 Å². The molecule has 1 saturated heterocycles. The summed E-state index contributed by atoms with van der Waals surface area (Å²) in [6, 6.07) is 0. The fourth-order valence-corrected chi connectivity index (χ4v) is 1.44. The van der Waals surface area contributed by atoms with Gasteiger partial charge in [0.1, 0.15) is 0 Å². The lowest BCUT2D eigenvalue weighted by Crippen LogP contribution is -2.33. The minimum atomic E-state index is -0.518. The minimum Gasteiger partial charge on any atom is -0.378 e. The summed E-state index contributed by atoms with van der Waals surface area (Å²) >= 11 is 0. The Hall–Kier alpha value is -1.10. The molecular formula is C9H16N2O3. The predicted octanol–water partition coefficient (Wildman–Crippen LogP) is -0.453. The third-order valence-corrected chi connectivity index (χ3v) is 2.18. The van der Waals surface area contributed by atoms with Gasteiger partial charge in [-0.3, -0.25) is 9.59 Å². The molecule has 0 radical (unpaired) electrons. The van der Waals surface area contributed by atoms with E-state index in [0.29, 0.717) is 6.42 Å². The van der Waals surface area contributed by atoms with Crippen molar-refractivity contribution in [2.75, 3.05) is 13.2 Å². The van der Waals surface area contributed by atoms with Crippen LogP contribution in [0.15, 0.2) is 0 Å². The van der Waals surface area contributed by atoms with Gasteiger partial charge in [0.15, 0.2) is 0 Å². The molecule has 1 heterocycles. The first-order valence-corrected chi connectivity index (χ1v) is 4.85. The summed E-state index contributed by atoms with van der Waals surface area (Å²) in [5.41, 5.74) is 4.88. The second-order valence-electron chi connectivity index (χ2n) is 3.42. The predicted molar refractivity (Wildman–Crippen MR) is 50.4 cm³/mol. The quantitative estimate of drug-likeness (QED) is 0.630. The second-order valence-corrected chi connectivity index (χ2v) is 3.42. The van der Waals surface area contributed by atoms with Crippen molar-refractivity contribution in [3.8, 4) is 0 Å². The maximum Gasteiger partial charge on any atom is 0.236 e. The fraction of sp³-hybridized carbons (Fsp3) is 0.778. The SMILES string of the molecule is NC(=O)CNC(=O)CCC1CCCO1. The van der Waals surface area contributed by atoms with E-state index in [-0.39, 0.29) is 18.6 Å². The van der Waals surface area contributed by atoms with Gasteiger partial charge in [-0.05, 0) is 19.3 Å². The normalized spacial score (nSPS) is 20.7.